The number of nitriles is 1. The summed E-state index contributed by atoms with van der Waals surface area (Å²) in [6, 6.07) is 14.5. The highest BCUT2D eigenvalue weighted by Gasteiger charge is 2.08. The second-order valence-corrected chi connectivity index (χ2v) is 5.49. The van der Waals surface area contributed by atoms with Crippen LogP contribution in [0, 0.1) is 17.1 Å². The molecule has 2 aromatic carbocycles. The third kappa shape index (κ3) is 3.66. The molecule has 0 amide bonds. The third-order valence-electron chi connectivity index (χ3n) is 3.14. The van der Waals surface area contributed by atoms with Gasteiger partial charge in [-0.15, -0.1) is 0 Å². The Morgan fingerprint density at radius 3 is 2.60 bits per heavy atom. The Bertz CT molecular complexity index is 632. The Labute approximate surface area is 126 Å². The van der Waals surface area contributed by atoms with Crippen molar-refractivity contribution in [2.75, 3.05) is 0 Å². The largest absolute Gasteiger partial charge is 0.306 e. The summed E-state index contributed by atoms with van der Waals surface area (Å²) in [6.45, 7) is 2.41. The molecule has 0 aliphatic heterocycles. The molecule has 0 heterocycles. The minimum Gasteiger partial charge on any atom is -0.306 e. The minimum absolute atomic E-state index is 0.105. The molecule has 2 rings (SSSR count). The molecule has 0 saturated carbocycles. The van der Waals surface area contributed by atoms with Crippen molar-refractivity contribution < 1.29 is 4.39 Å². The summed E-state index contributed by atoms with van der Waals surface area (Å²) in [5.74, 6) is -0.292. The van der Waals surface area contributed by atoms with Crippen molar-refractivity contribution in [3.8, 4) is 6.07 Å². The van der Waals surface area contributed by atoms with Gasteiger partial charge in [0.25, 0.3) is 0 Å². The molecule has 20 heavy (non-hydrogen) atoms. The fourth-order valence-electron chi connectivity index (χ4n) is 1.91. The number of hydrogen-bond donors (Lipinski definition) is 1. The minimum atomic E-state index is -0.292. The highest BCUT2D eigenvalue weighted by atomic mass is 79.9. The van der Waals surface area contributed by atoms with Gasteiger partial charge >= 0.3 is 0 Å². The maximum Gasteiger partial charge on any atom is 0.127 e. The van der Waals surface area contributed by atoms with E-state index in [0.29, 0.717) is 17.7 Å². The van der Waals surface area contributed by atoms with E-state index >= 15 is 0 Å². The van der Waals surface area contributed by atoms with Crippen LogP contribution in [-0.4, -0.2) is 0 Å². The maximum atomic E-state index is 13.7. The van der Waals surface area contributed by atoms with Gasteiger partial charge < -0.3 is 5.32 Å². The second kappa shape index (κ2) is 6.65. The van der Waals surface area contributed by atoms with Gasteiger partial charge in [0.15, 0.2) is 0 Å². The molecule has 2 aromatic rings. The lowest BCUT2D eigenvalue weighted by molar-refractivity contribution is 0.544. The molecule has 4 heteroatoms. The average molecular weight is 333 g/mol. The van der Waals surface area contributed by atoms with E-state index in [4.69, 9.17) is 5.26 Å². The Balaban J connectivity index is 2.05. The first-order valence-corrected chi connectivity index (χ1v) is 7.07. The quantitative estimate of drug-likeness (QED) is 0.905. The van der Waals surface area contributed by atoms with Gasteiger partial charge in [0, 0.05) is 22.6 Å². The number of halogens is 2. The summed E-state index contributed by atoms with van der Waals surface area (Å²) in [5, 5.41) is 12.1. The lowest BCUT2D eigenvalue weighted by atomic mass is 10.1. The van der Waals surface area contributed by atoms with Crippen LogP contribution in [-0.2, 0) is 6.54 Å². The predicted octanol–water partition coefficient (Wildman–Crippen LogP) is 4.31. The summed E-state index contributed by atoms with van der Waals surface area (Å²) in [5.41, 5.74) is 2.11. The smallest absolute Gasteiger partial charge is 0.127 e. The molecule has 0 fully saturated rings. The number of nitrogens with zero attached hydrogens (tertiary/aromatic N) is 1. The summed E-state index contributed by atoms with van der Waals surface area (Å²) >= 11 is 3.40. The molecule has 0 saturated heterocycles. The van der Waals surface area contributed by atoms with Crippen molar-refractivity contribution in [1.29, 1.82) is 5.26 Å². The first kappa shape index (κ1) is 14.7. The van der Waals surface area contributed by atoms with Crippen LogP contribution in [0.4, 0.5) is 4.39 Å². The normalized spacial score (nSPS) is 11.9. The van der Waals surface area contributed by atoms with Crippen LogP contribution in [0.1, 0.15) is 29.7 Å². The van der Waals surface area contributed by atoms with Crippen LogP contribution in [0.15, 0.2) is 46.9 Å². The van der Waals surface area contributed by atoms with E-state index in [9.17, 15) is 4.39 Å². The van der Waals surface area contributed by atoms with Crippen molar-refractivity contribution in [3.63, 3.8) is 0 Å². The lowest BCUT2D eigenvalue weighted by Gasteiger charge is -2.15. The molecule has 0 spiro atoms. The molecular weight excluding hydrogens is 319 g/mol. The van der Waals surface area contributed by atoms with Crippen LogP contribution in [0.3, 0.4) is 0 Å². The molecule has 0 aliphatic rings. The van der Waals surface area contributed by atoms with Gasteiger partial charge in [-0.2, -0.15) is 5.26 Å². The first-order chi connectivity index (χ1) is 9.60. The van der Waals surface area contributed by atoms with E-state index in [1.54, 1.807) is 6.07 Å². The summed E-state index contributed by atoms with van der Waals surface area (Å²) in [4.78, 5) is 0. The van der Waals surface area contributed by atoms with E-state index in [-0.39, 0.29) is 11.9 Å². The van der Waals surface area contributed by atoms with Crippen LogP contribution >= 0.6 is 15.9 Å². The van der Waals surface area contributed by atoms with Crippen molar-refractivity contribution in [1.82, 2.24) is 5.32 Å². The Kier molecular flexibility index (Phi) is 4.89. The van der Waals surface area contributed by atoms with Gasteiger partial charge in [-0.05, 0) is 42.8 Å². The zero-order valence-corrected chi connectivity index (χ0v) is 12.6. The Morgan fingerprint density at radius 2 is 1.95 bits per heavy atom. The molecule has 0 radical (unpaired) electrons. The van der Waals surface area contributed by atoms with Crippen LogP contribution in [0.5, 0.6) is 0 Å². The number of hydrogen-bond acceptors (Lipinski definition) is 2. The topological polar surface area (TPSA) is 35.8 Å². The van der Waals surface area contributed by atoms with Crippen molar-refractivity contribution in [2.24, 2.45) is 0 Å². The van der Waals surface area contributed by atoms with Crippen LogP contribution < -0.4 is 5.32 Å². The summed E-state index contributed by atoms with van der Waals surface area (Å²) < 4.78 is 14.7. The first-order valence-electron chi connectivity index (χ1n) is 6.27. The molecule has 1 N–H and O–H groups in total. The number of benzene rings is 2. The van der Waals surface area contributed by atoms with E-state index in [1.165, 1.54) is 12.1 Å². The van der Waals surface area contributed by atoms with Crippen molar-refractivity contribution in [2.45, 2.75) is 19.5 Å². The predicted molar refractivity (Wildman–Crippen MR) is 80.5 cm³/mol. The molecule has 0 bridgehead atoms. The zero-order chi connectivity index (χ0) is 14.5. The summed E-state index contributed by atoms with van der Waals surface area (Å²) in [7, 11) is 0. The Hall–Kier alpha value is -1.70. The van der Waals surface area contributed by atoms with Crippen molar-refractivity contribution in [3.05, 3.63) is 69.4 Å². The van der Waals surface area contributed by atoms with E-state index in [2.05, 4.69) is 21.2 Å². The highest BCUT2D eigenvalue weighted by Crippen LogP contribution is 2.18. The van der Waals surface area contributed by atoms with Crippen LogP contribution in [0.2, 0.25) is 0 Å². The average Bonchev–Trinajstić information content (AvgIpc) is 2.47. The fourth-order valence-corrected chi connectivity index (χ4v) is 2.18. The van der Waals surface area contributed by atoms with Gasteiger partial charge in [0.05, 0.1) is 11.6 Å². The SMILES string of the molecule is CC(NCc1cc(C#N)ccc1F)c1ccc(Br)cc1. The highest BCUT2D eigenvalue weighted by molar-refractivity contribution is 9.10. The summed E-state index contributed by atoms with van der Waals surface area (Å²) in [6.07, 6.45) is 0. The molecule has 2 nitrogen and oxygen atoms in total. The van der Waals surface area contributed by atoms with Gasteiger partial charge in [-0.25, -0.2) is 4.39 Å². The number of rotatable bonds is 4. The lowest BCUT2D eigenvalue weighted by Crippen LogP contribution is -2.18. The molecule has 0 aliphatic carbocycles. The van der Waals surface area contributed by atoms with E-state index < -0.39 is 0 Å². The van der Waals surface area contributed by atoms with E-state index in [1.807, 2.05) is 37.3 Å². The Morgan fingerprint density at radius 1 is 1.25 bits per heavy atom. The van der Waals surface area contributed by atoms with Gasteiger partial charge in [0.2, 0.25) is 0 Å². The van der Waals surface area contributed by atoms with Crippen LogP contribution in [0.25, 0.3) is 0 Å². The van der Waals surface area contributed by atoms with Gasteiger partial charge in [0.1, 0.15) is 5.82 Å². The monoisotopic (exact) mass is 332 g/mol. The molecule has 1 unspecified atom stereocenters. The standard InChI is InChI=1S/C16H14BrFN2/c1-11(13-3-5-15(17)6-4-13)20-10-14-8-12(9-19)2-7-16(14)18/h2-8,11,20H,10H2,1H3. The molecule has 1 atom stereocenters. The van der Waals surface area contributed by atoms with Crippen molar-refractivity contribution >= 4 is 15.9 Å². The molecular formula is C16H14BrFN2. The maximum absolute atomic E-state index is 13.7. The molecule has 0 aromatic heterocycles. The zero-order valence-electron chi connectivity index (χ0n) is 11.0. The second-order valence-electron chi connectivity index (χ2n) is 4.57. The van der Waals surface area contributed by atoms with Gasteiger partial charge in [-0.3, -0.25) is 0 Å². The van der Waals surface area contributed by atoms with Gasteiger partial charge in [-0.1, -0.05) is 28.1 Å². The number of nitrogens with one attached hydrogen (secondary N) is 1. The van der Waals surface area contributed by atoms with E-state index in [0.717, 1.165) is 10.0 Å². The third-order valence-corrected chi connectivity index (χ3v) is 3.67. The molecule has 102 valence electrons. The fraction of sp³-hybridized carbons (Fsp3) is 0.188.